The molecule has 4 heteroatoms. The summed E-state index contributed by atoms with van der Waals surface area (Å²) in [4.78, 5) is 4.94. The predicted molar refractivity (Wildman–Crippen MR) is 106 cm³/mol. The lowest BCUT2D eigenvalue weighted by Crippen LogP contribution is -2.50. The van der Waals surface area contributed by atoms with Gasteiger partial charge in [0.2, 0.25) is 0 Å². The molecule has 1 fully saturated rings. The van der Waals surface area contributed by atoms with E-state index in [1.165, 1.54) is 18.4 Å². The molecule has 1 heterocycles. The summed E-state index contributed by atoms with van der Waals surface area (Å²) in [7, 11) is 0. The van der Waals surface area contributed by atoms with E-state index < -0.39 is 5.66 Å². The number of amidine groups is 1. The third kappa shape index (κ3) is 3.65. The summed E-state index contributed by atoms with van der Waals surface area (Å²) in [5.41, 5.74) is 8.46. The minimum absolute atomic E-state index is 0.400. The molecule has 2 aromatic rings. The van der Waals surface area contributed by atoms with Crippen LogP contribution in [0.4, 0.5) is 0 Å². The molecular formula is C22H26N4. The molecule has 1 atom stereocenters. The van der Waals surface area contributed by atoms with E-state index in [0.29, 0.717) is 5.92 Å². The molecule has 1 aliphatic carbocycles. The van der Waals surface area contributed by atoms with Crippen molar-refractivity contribution >= 4 is 5.84 Å². The molecule has 4 rings (SSSR count). The maximum atomic E-state index is 6.81. The van der Waals surface area contributed by atoms with Crippen molar-refractivity contribution in [1.29, 1.82) is 0 Å². The Balaban J connectivity index is 1.60. The lowest BCUT2D eigenvalue weighted by molar-refractivity contribution is 0.343. The molecule has 2 aromatic carbocycles. The van der Waals surface area contributed by atoms with Crippen LogP contribution in [-0.2, 0) is 6.54 Å². The zero-order valence-electron chi connectivity index (χ0n) is 15.0. The van der Waals surface area contributed by atoms with Gasteiger partial charge in [-0.25, -0.2) is 4.99 Å². The Morgan fingerprint density at radius 3 is 2.35 bits per heavy atom. The Morgan fingerprint density at radius 2 is 1.65 bits per heavy atom. The second kappa shape index (κ2) is 7.34. The Labute approximate surface area is 155 Å². The number of nitrogens with one attached hydrogen (secondary N) is 2. The average molecular weight is 346 g/mol. The molecule has 0 amide bonds. The van der Waals surface area contributed by atoms with Crippen LogP contribution in [0.25, 0.3) is 0 Å². The standard InChI is InChI=1S/C22H26N4/c23-22(19-13-7-8-14-19)15-20(24-16-17-9-3-1-4-10-17)25-21(26-22)18-11-5-2-6-12-18/h1-6,9-12,15,19,24H,7-8,13-14,16,23H2,(H,25,26). The van der Waals surface area contributed by atoms with Gasteiger partial charge >= 0.3 is 0 Å². The summed E-state index contributed by atoms with van der Waals surface area (Å²) >= 11 is 0. The van der Waals surface area contributed by atoms with Crippen LogP contribution in [0, 0.1) is 5.92 Å². The fourth-order valence-electron chi connectivity index (χ4n) is 3.87. The lowest BCUT2D eigenvalue weighted by Gasteiger charge is -2.34. The second-order valence-electron chi connectivity index (χ2n) is 7.22. The van der Waals surface area contributed by atoms with Crippen LogP contribution in [0.5, 0.6) is 0 Å². The van der Waals surface area contributed by atoms with Crippen LogP contribution in [0.15, 0.2) is 77.6 Å². The van der Waals surface area contributed by atoms with Crippen molar-refractivity contribution in [3.8, 4) is 0 Å². The molecule has 0 saturated heterocycles. The van der Waals surface area contributed by atoms with Gasteiger partial charge in [-0.1, -0.05) is 73.5 Å². The molecular weight excluding hydrogens is 320 g/mol. The molecule has 0 spiro atoms. The predicted octanol–water partition coefficient (Wildman–Crippen LogP) is 3.51. The molecule has 1 saturated carbocycles. The zero-order chi connectivity index (χ0) is 17.8. The Kier molecular flexibility index (Phi) is 4.76. The molecule has 26 heavy (non-hydrogen) atoms. The summed E-state index contributed by atoms with van der Waals surface area (Å²) in [6, 6.07) is 20.6. The molecule has 0 aromatic heterocycles. The summed E-state index contributed by atoms with van der Waals surface area (Å²) in [6.07, 6.45) is 6.86. The molecule has 1 aliphatic heterocycles. The fourth-order valence-corrected chi connectivity index (χ4v) is 3.87. The summed E-state index contributed by atoms with van der Waals surface area (Å²) in [5.74, 6) is 2.19. The van der Waals surface area contributed by atoms with Crippen LogP contribution >= 0.6 is 0 Å². The van der Waals surface area contributed by atoms with Gasteiger partial charge in [0.05, 0.1) is 0 Å². The van der Waals surface area contributed by atoms with Crippen molar-refractivity contribution in [1.82, 2.24) is 10.6 Å². The molecule has 134 valence electrons. The molecule has 1 unspecified atom stereocenters. The highest BCUT2D eigenvalue weighted by atomic mass is 15.2. The molecule has 4 nitrogen and oxygen atoms in total. The molecule has 0 radical (unpaired) electrons. The van der Waals surface area contributed by atoms with Gasteiger partial charge in [0.1, 0.15) is 17.3 Å². The smallest absolute Gasteiger partial charge is 0.136 e. The van der Waals surface area contributed by atoms with E-state index in [1.807, 2.05) is 24.3 Å². The molecule has 2 aliphatic rings. The quantitative estimate of drug-likeness (QED) is 0.776. The van der Waals surface area contributed by atoms with Gasteiger partial charge in [-0.2, -0.15) is 0 Å². The largest absolute Gasteiger partial charge is 0.368 e. The van der Waals surface area contributed by atoms with Crippen LogP contribution in [0.1, 0.15) is 36.8 Å². The maximum Gasteiger partial charge on any atom is 0.136 e. The van der Waals surface area contributed by atoms with Crippen LogP contribution in [0.2, 0.25) is 0 Å². The SMILES string of the molecule is NC1(C2CCCC2)C=C(NCc2ccccc2)NC(c2ccccc2)=N1. The van der Waals surface area contributed by atoms with Gasteiger partial charge in [0.25, 0.3) is 0 Å². The van der Waals surface area contributed by atoms with E-state index in [4.69, 9.17) is 10.7 Å². The average Bonchev–Trinajstić information content (AvgIpc) is 3.23. The minimum atomic E-state index is -0.647. The van der Waals surface area contributed by atoms with Crippen molar-refractivity contribution in [3.05, 3.63) is 83.7 Å². The van der Waals surface area contributed by atoms with Gasteiger partial charge in [0.15, 0.2) is 0 Å². The summed E-state index contributed by atoms with van der Waals surface area (Å²) in [6.45, 7) is 0.752. The molecule has 4 N–H and O–H groups in total. The number of benzene rings is 2. The van der Waals surface area contributed by atoms with Crippen LogP contribution in [-0.4, -0.2) is 11.5 Å². The number of hydrogen-bond donors (Lipinski definition) is 3. The first-order chi connectivity index (χ1) is 12.7. The minimum Gasteiger partial charge on any atom is -0.368 e. The Morgan fingerprint density at radius 1 is 1.00 bits per heavy atom. The highest BCUT2D eigenvalue weighted by Crippen LogP contribution is 2.36. The second-order valence-corrected chi connectivity index (χ2v) is 7.22. The van der Waals surface area contributed by atoms with E-state index in [-0.39, 0.29) is 0 Å². The third-order valence-electron chi connectivity index (χ3n) is 5.32. The summed E-state index contributed by atoms with van der Waals surface area (Å²) in [5, 5.41) is 6.94. The monoisotopic (exact) mass is 346 g/mol. The summed E-state index contributed by atoms with van der Waals surface area (Å²) < 4.78 is 0. The lowest BCUT2D eigenvalue weighted by atomic mass is 9.90. The van der Waals surface area contributed by atoms with Crippen molar-refractivity contribution in [2.45, 2.75) is 37.9 Å². The van der Waals surface area contributed by atoms with Gasteiger partial charge < -0.3 is 16.4 Å². The van der Waals surface area contributed by atoms with E-state index in [2.05, 4.69) is 53.1 Å². The highest BCUT2D eigenvalue weighted by Gasteiger charge is 2.37. The zero-order valence-corrected chi connectivity index (χ0v) is 15.0. The van der Waals surface area contributed by atoms with Gasteiger partial charge in [-0.3, -0.25) is 0 Å². The van der Waals surface area contributed by atoms with E-state index >= 15 is 0 Å². The van der Waals surface area contributed by atoms with E-state index in [0.717, 1.165) is 36.6 Å². The van der Waals surface area contributed by atoms with Crippen LogP contribution in [0.3, 0.4) is 0 Å². The van der Waals surface area contributed by atoms with Crippen molar-refractivity contribution < 1.29 is 0 Å². The van der Waals surface area contributed by atoms with Gasteiger partial charge in [-0.15, -0.1) is 0 Å². The van der Waals surface area contributed by atoms with Gasteiger partial charge in [0, 0.05) is 18.0 Å². The van der Waals surface area contributed by atoms with Crippen LogP contribution < -0.4 is 16.4 Å². The highest BCUT2D eigenvalue weighted by molar-refractivity contribution is 6.00. The maximum absolute atomic E-state index is 6.81. The number of rotatable bonds is 5. The Bertz CT molecular complexity index is 791. The first kappa shape index (κ1) is 16.9. The van der Waals surface area contributed by atoms with Crippen molar-refractivity contribution in [2.24, 2.45) is 16.6 Å². The molecule has 0 bridgehead atoms. The number of nitrogens with two attached hydrogens (primary N) is 1. The third-order valence-corrected chi connectivity index (χ3v) is 5.32. The first-order valence-corrected chi connectivity index (χ1v) is 9.45. The fraction of sp³-hybridized carbons (Fsp3) is 0.318. The number of aliphatic imine (C=N–C) groups is 1. The number of nitrogens with zero attached hydrogens (tertiary/aromatic N) is 1. The topological polar surface area (TPSA) is 62.4 Å². The van der Waals surface area contributed by atoms with Gasteiger partial charge in [-0.05, 0) is 24.5 Å². The van der Waals surface area contributed by atoms with Crippen molar-refractivity contribution in [2.75, 3.05) is 0 Å². The Hall–Kier alpha value is -2.59. The van der Waals surface area contributed by atoms with E-state index in [1.54, 1.807) is 0 Å². The number of hydrogen-bond acceptors (Lipinski definition) is 4. The van der Waals surface area contributed by atoms with Crippen molar-refractivity contribution in [3.63, 3.8) is 0 Å². The first-order valence-electron chi connectivity index (χ1n) is 9.45. The van der Waals surface area contributed by atoms with E-state index in [9.17, 15) is 0 Å². The normalized spacial score (nSPS) is 23.1.